The highest BCUT2D eigenvalue weighted by molar-refractivity contribution is 9.09. The van der Waals surface area contributed by atoms with Crippen molar-refractivity contribution in [1.29, 1.82) is 0 Å². The van der Waals surface area contributed by atoms with Crippen molar-refractivity contribution in [3.05, 3.63) is 27.5 Å². The predicted octanol–water partition coefficient (Wildman–Crippen LogP) is 5.42. The molecule has 0 atom stereocenters. The molecule has 0 amide bonds. The Morgan fingerprint density at radius 1 is 1.38 bits per heavy atom. The molecule has 0 unspecified atom stereocenters. The van der Waals surface area contributed by atoms with Crippen LogP contribution in [-0.4, -0.2) is 5.33 Å². The Kier molecular flexibility index (Phi) is 4.66. The smallest absolute Gasteiger partial charge is 0.0273 e. The lowest BCUT2D eigenvalue weighted by Gasteiger charge is -2.23. The van der Waals surface area contributed by atoms with E-state index in [0.717, 1.165) is 11.2 Å². The van der Waals surface area contributed by atoms with Crippen molar-refractivity contribution >= 4 is 33.3 Å². The standard InChI is InChI=1S/C14H19BrS/c1-11-7-8-14(16-11)9-13(10-15)12-5-3-2-4-6-12/h7-9,12H,2-6,10H2,1H3. The first-order valence-corrected chi connectivity index (χ1v) is 8.06. The quantitative estimate of drug-likeness (QED) is 0.654. The van der Waals surface area contributed by atoms with Crippen LogP contribution in [0.2, 0.25) is 0 Å². The van der Waals surface area contributed by atoms with Crippen LogP contribution < -0.4 is 0 Å². The Hall–Kier alpha value is -0.0800. The molecule has 0 nitrogen and oxygen atoms in total. The second-order valence-corrected chi connectivity index (χ2v) is 6.52. The highest BCUT2D eigenvalue weighted by Gasteiger charge is 2.17. The average molecular weight is 299 g/mol. The van der Waals surface area contributed by atoms with Crippen molar-refractivity contribution in [2.75, 3.05) is 5.33 Å². The zero-order valence-corrected chi connectivity index (χ0v) is 12.2. The molecule has 1 fully saturated rings. The number of alkyl halides is 1. The van der Waals surface area contributed by atoms with Crippen molar-refractivity contribution in [3.8, 4) is 0 Å². The van der Waals surface area contributed by atoms with E-state index in [0.29, 0.717) is 0 Å². The third kappa shape index (κ3) is 3.21. The number of allylic oxidation sites excluding steroid dienone is 1. The molecule has 0 N–H and O–H groups in total. The normalized spacial score (nSPS) is 19.0. The maximum absolute atomic E-state index is 3.65. The second-order valence-electron chi connectivity index (χ2n) is 4.64. The van der Waals surface area contributed by atoms with Crippen molar-refractivity contribution in [3.63, 3.8) is 0 Å². The van der Waals surface area contributed by atoms with Gasteiger partial charge in [0, 0.05) is 15.1 Å². The molecule has 88 valence electrons. The van der Waals surface area contributed by atoms with E-state index in [1.807, 2.05) is 11.3 Å². The van der Waals surface area contributed by atoms with Crippen LogP contribution >= 0.6 is 27.3 Å². The molecular weight excluding hydrogens is 280 g/mol. The molecule has 1 heterocycles. The predicted molar refractivity (Wildman–Crippen MR) is 77.4 cm³/mol. The number of hydrogen-bond donors (Lipinski definition) is 0. The highest BCUT2D eigenvalue weighted by Crippen LogP contribution is 2.32. The van der Waals surface area contributed by atoms with Gasteiger partial charge in [-0.25, -0.2) is 0 Å². The van der Waals surface area contributed by atoms with Crippen LogP contribution in [0.15, 0.2) is 17.7 Å². The zero-order chi connectivity index (χ0) is 11.4. The Morgan fingerprint density at radius 2 is 2.12 bits per heavy atom. The first-order chi connectivity index (χ1) is 7.79. The molecule has 1 aliphatic rings. The fourth-order valence-corrected chi connectivity index (χ4v) is 3.93. The molecule has 1 aliphatic carbocycles. The van der Waals surface area contributed by atoms with Gasteiger partial charge in [0.15, 0.2) is 0 Å². The van der Waals surface area contributed by atoms with Gasteiger partial charge >= 0.3 is 0 Å². The monoisotopic (exact) mass is 298 g/mol. The molecule has 2 heteroatoms. The number of rotatable bonds is 3. The Bertz CT molecular complexity index is 359. The lowest BCUT2D eigenvalue weighted by molar-refractivity contribution is 0.406. The lowest BCUT2D eigenvalue weighted by Crippen LogP contribution is -2.09. The first kappa shape index (κ1) is 12.4. The minimum Gasteiger partial charge on any atom is -0.141 e. The topological polar surface area (TPSA) is 0 Å². The van der Waals surface area contributed by atoms with Gasteiger partial charge in [-0.05, 0) is 43.9 Å². The van der Waals surface area contributed by atoms with E-state index in [9.17, 15) is 0 Å². The maximum Gasteiger partial charge on any atom is 0.0273 e. The molecule has 0 aromatic carbocycles. The molecule has 16 heavy (non-hydrogen) atoms. The van der Waals surface area contributed by atoms with E-state index in [1.54, 1.807) is 5.57 Å². The third-order valence-electron chi connectivity index (χ3n) is 3.37. The summed E-state index contributed by atoms with van der Waals surface area (Å²) in [6.07, 6.45) is 9.45. The van der Waals surface area contributed by atoms with E-state index in [4.69, 9.17) is 0 Å². The van der Waals surface area contributed by atoms with E-state index in [2.05, 4.69) is 41.1 Å². The van der Waals surface area contributed by atoms with Gasteiger partial charge in [-0.3, -0.25) is 0 Å². The zero-order valence-electron chi connectivity index (χ0n) is 9.84. The summed E-state index contributed by atoms with van der Waals surface area (Å²) in [7, 11) is 0. The van der Waals surface area contributed by atoms with Gasteiger partial charge in [-0.2, -0.15) is 0 Å². The fraction of sp³-hybridized carbons (Fsp3) is 0.571. The van der Waals surface area contributed by atoms with Crippen LogP contribution in [0.1, 0.15) is 41.9 Å². The maximum atomic E-state index is 3.65. The summed E-state index contributed by atoms with van der Waals surface area (Å²) >= 11 is 5.55. The second kappa shape index (κ2) is 6.02. The largest absolute Gasteiger partial charge is 0.141 e. The van der Waals surface area contributed by atoms with Gasteiger partial charge in [-0.15, -0.1) is 11.3 Å². The molecule has 1 aromatic rings. The van der Waals surface area contributed by atoms with E-state index in [-0.39, 0.29) is 0 Å². The van der Waals surface area contributed by atoms with Crippen molar-refractivity contribution in [1.82, 2.24) is 0 Å². The Labute approximate surface area is 111 Å². The summed E-state index contributed by atoms with van der Waals surface area (Å²) in [6, 6.07) is 4.45. The molecule has 0 radical (unpaired) electrons. The highest BCUT2D eigenvalue weighted by atomic mass is 79.9. The first-order valence-electron chi connectivity index (χ1n) is 6.12. The van der Waals surface area contributed by atoms with Crippen LogP contribution in [-0.2, 0) is 0 Å². The molecule has 0 spiro atoms. The summed E-state index contributed by atoms with van der Waals surface area (Å²) in [5.74, 6) is 0.829. The fourth-order valence-electron chi connectivity index (χ4n) is 2.45. The number of hydrogen-bond acceptors (Lipinski definition) is 1. The molecule has 1 aromatic heterocycles. The Morgan fingerprint density at radius 3 is 2.69 bits per heavy atom. The summed E-state index contributed by atoms with van der Waals surface area (Å²) in [6.45, 7) is 2.18. The molecular formula is C14H19BrS. The van der Waals surface area contributed by atoms with Gasteiger partial charge in [-0.1, -0.05) is 40.8 Å². The molecule has 0 aliphatic heterocycles. The van der Waals surface area contributed by atoms with Crippen LogP contribution in [0.5, 0.6) is 0 Å². The van der Waals surface area contributed by atoms with Gasteiger partial charge in [0.25, 0.3) is 0 Å². The average Bonchev–Trinajstić information content (AvgIpc) is 2.73. The summed E-state index contributed by atoms with van der Waals surface area (Å²) in [5.41, 5.74) is 1.60. The molecule has 0 saturated heterocycles. The van der Waals surface area contributed by atoms with E-state index >= 15 is 0 Å². The van der Waals surface area contributed by atoms with Crippen LogP contribution in [0.4, 0.5) is 0 Å². The van der Waals surface area contributed by atoms with Gasteiger partial charge in [0.05, 0.1) is 0 Å². The Balaban J connectivity index is 2.11. The van der Waals surface area contributed by atoms with Crippen LogP contribution in [0.25, 0.3) is 6.08 Å². The van der Waals surface area contributed by atoms with Crippen molar-refractivity contribution in [2.24, 2.45) is 5.92 Å². The molecule has 2 rings (SSSR count). The lowest BCUT2D eigenvalue weighted by atomic mass is 9.84. The third-order valence-corrected chi connectivity index (χ3v) is 4.97. The van der Waals surface area contributed by atoms with Crippen LogP contribution in [0, 0.1) is 12.8 Å². The molecule has 0 bridgehead atoms. The van der Waals surface area contributed by atoms with Crippen LogP contribution in [0.3, 0.4) is 0 Å². The minimum atomic E-state index is 0.829. The number of halogens is 1. The summed E-state index contributed by atoms with van der Waals surface area (Å²) < 4.78 is 0. The summed E-state index contributed by atoms with van der Waals surface area (Å²) in [5, 5.41) is 1.04. The van der Waals surface area contributed by atoms with Gasteiger partial charge in [0.1, 0.15) is 0 Å². The summed E-state index contributed by atoms with van der Waals surface area (Å²) in [4.78, 5) is 2.82. The minimum absolute atomic E-state index is 0.829. The molecule has 1 saturated carbocycles. The van der Waals surface area contributed by atoms with E-state index in [1.165, 1.54) is 41.9 Å². The number of thiophene rings is 1. The number of aryl methyl sites for hydroxylation is 1. The van der Waals surface area contributed by atoms with Gasteiger partial charge < -0.3 is 0 Å². The van der Waals surface area contributed by atoms with E-state index < -0.39 is 0 Å². The SMILES string of the molecule is Cc1ccc(C=C(CBr)C2CCCCC2)s1. The van der Waals surface area contributed by atoms with Crippen molar-refractivity contribution in [2.45, 2.75) is 39.0 Å². The van der Waals surface area contributed by atoms with Crippen molar-refractivity contribution < 1.29 is 0 Å². The van der Waals surface area contributed by atoms with Gasteiger partial charge in [0.2, 0.25) is 0 Å².